The fourth-order valence-electron chi connectivity index (χ4n) is 2.22. The van der Waals surface area contributed by atoms with Crippen molar-refractivity contribution in [1.82, 2.24) is 4.90 Å². The Hall–Kier alpha value is -2.14. The van der Waals surface area contributed by atoms with Crippen LogP contribution < -0.4 is 0 Å². The van der Waals surface area contributed by atoms with Gasteiger partial charge < -0.3 is 10.0 Å². The summed E-state index contributed by atoms with van der Waals surface area (Å²) in [5, 5.41) is 10.9. The molecule has 0 aliphatic carbocycles. The van der Waals surface area contributed by atoms with Crippen LogP contribution in [0.15, 0.2) is 35.7 Å². The quantitative estimate of drug-likeness (QED) is 0.890. The Bertz CT molecular complexity index is 664. The average Bonchev–Trinajstić information content (AvgIpc) is 2.83. The molecule has 1 amide bonds. The standard InChI is InChI=1S/C17H19NO3S/c1-12-13(2)22-11-15(12)17(21)18(10-16(19)20)9-8-14-6-4-3-5-7-14/h3-7,11H,8-10H2,1-2H3,(H,19,20). The molecule has 4 nitrogen and oxygen atoms in total. The van der Waals surface area contributed by atoms with Gasteiger partial charge in [-0.25, -0.2) is 0 Å². The van der Waals surface area contributed by atoms with Gasteiger partial charge in [0.1, 0.15) is 6.54 Å². The molecule has 1 aromatic heterocycles. The van der Waals surface area contributed by atoms with Crippen molar-refractivity contribution in [2.24, 2.45) is 0 Å². The topological polar surface area (TPSA) is 57.6 Å². The lowest BCUT2D eigenvalue weighted by Gasteiger charge is -2.21. The molecule has 0 saturated heterocycles. The van der Waals surface area contributed by atoms with E-state index >= 15 is 0 Å². The summed E-state index contributed by atoms with van der Waals surface area (Å²) in [6.07, 6.45) is 0.641. The third kappa shape index (κ3) is 3.95. The number of rotatable bonds is 6. The third-order valence-electron chi connectivity index (χ3n) is 3.64. The average molecular weight is 317 g/mol. The predicted octanol–water partition coefficient (Wildman–Crippen LogP) is 3.13. The highest BCUT2D eigenvalue weighted by molar-refractivity contribution is 7.10. The highest BCUT2D eigenvalue weighted by Gasteiger charge is 2.21. The summed E-state index contributed by atoms with van der Waals surface area (Å²) >= 11 is 1.52. The number of nitrogens with zero attached hydrogens (tertiary/aromatic N) is 1. The van der Waals surface area contributed by atoms with Crippen LogP contribution in [-0.2, 0) is 11.2 Å². The maximum atomic E-state index is 12.6. The van der Waals surface area contributed by atoms with Gasteiger partial charge in [-0.1, -0.05) is 30.3 Å². The first kappa shape index (κ1) is 16.2. The highest BCUT2D eigenvalue weighted by atomic mass is 32.1. The molecular formula is C17H19NO3S. The first-order chi connectivity index (χ1) is 10.5. The van der Waals surface area contributed by atoms with E-state index < -0.39 is 5.97 Å². The summed E-state index contributed by atoms with van der Waals surface area (Å²) in [6.45, 7) is 3.97. The fourth-order valence-corrected chi connectivity index (χ4v) is 3.08. The van der Waals surface area contributed by atoms with Crippen LogP contribution >= 0.6 is 11.3 Å². The molecule has 0 atom stereocenters. The number of aryl methyl sites for hydroxylation is 1. The molecule has 0 aliphatic heterocycles. The smallest absolute Gasteiger partial charge is 0.323 e. The van der Waals surface area contributed by atoms with Crippen molar-refractivity contribution in [3.8, 4) is 0 Å². The number of hydrogen-bond acceptors (Lipinski definition) is 3. The van der Waals surface area contributed by atoms with E-state index in [0.29, 0.717) is 18.5 Å². The second kappa shape index (κ2) is 7.22. The largest absolute Gasteiger partial charge is 0.480 e. The molecular weight excluding hydrogens is 298 g/mol. The van der Waals surface area contributed by atoms with Gasteiger partial charge in [0.05, 0.1) is 5.56 Å². The van der Waals surface area contributed by atoms with E-state index in [2.05, 4.69) is 0 Å². The van der Waals surface area contributed by atoms with E-state index in [9.17, 15) is 9.59 Å². The van der Waals surface area contributed by atoms with Crippen LogP contribution in [0.5, 0.6) is 0 Å². The Labute approximate surface area is 134 Å². The Morgan fingerprint density at radius 3 is 2.41 bits per heavy atom. The molecule has 1 heterocycles. The Balaban J connectivity index is 2.13. The second-order valence-corrected chi connectivity index (χ2v) is 6.27. The van der Waals surface area contributed by atoms with Gasteiger partial charge in [-0.15, -0.1) is 11.3 Å². The highest BCUT2D eigenvalue weighted by Crippen LogP contribution is 2.22. The third-order valence-corrected chi connectivity index (χ3v) is 4.66. The molecule has 2 rings (SSSR count). The SMILES string of the molecule is Cc1scc(C(=O)N(CCc2ccccc2)CC(=O)O)c1C. The van der Waals surface area contributed by atoms with Gasteiger partial charge in [0.25, 0.3) is 5.91 Å². The number of benzene rings is 1. The molecule has 5 heteroatoms. The van der Waals surface area contributed by atoms with Crippen molar-refractivity contribution < 1.29 is 14.7 Å². The second-order valence-electron chi connectivity index (χ2n) is 5.19. The minimum Gasteiger partial charge on any atom is -0.480 e. The maximum Gasteiger partial charge on any atom is 0.323 e. The van der Waals surface area contributed by atoms with E-state index in [1.165, 1.54) is 16.2 Å². The number of carbonyl (C=O) groups excluding carboxylic acids is 1. The monoisotopic (exact) mass is 317 g/mol. The number of hydrogen-bond donors (Lipinski definition) is 1. The normalized spacial score (nSPS) is 10.5. The van der Waals surface area contributed by atoms with Crippen molar-refractivity contribution in [3.63, 3.8) is 0 Å². The van der Waals surface area contributed by atoms with Crippen LogP contribution in [0.2, 0.25) is 0 Å². The first-order valence-electron chi connectivity index (χ1n) is 7.08. The van der Waals surface area contributed by atoms with Crippen LogP contribution in [0, 0.1) is 13.8 Å². The lowest BCUT2D eigenvalue weighted by Crippen LogP contribution is -2.37. The number of amides is 1. The first-order valence-corrected chi connectivity index (χ1v) is 7.96. The van der Waals surface area contributed by atoms with Gasteiger partial charge in [-0.3, -0.25) is 9.59 Å². The molecule has 0 fully saturated rings. The molecule has 0 saturated carbocycles. The summed E-state index contributed by atoms with van der Waals surface area (Å²) in [5.41, 5.74) is 2.63. The number of thiophene rings is 1. The Morgan fingerprint density at radius 2 is 1.86 bits per heavy atom. The van der Waals surface area contributed by atoms with Gasteiger partial charge >= 0.3 is 5.97 Å². The van der Waals surface area contributed by atoms with Crippen LogP contribution in [-0.4, -0.2) is 35.0 Å². The number of carboxylic acid groups (broad SMARTS) is 1. The molecule has 1 N–H and O–H groups in total. The van der Waals surface area contributed by atoms with Gasteiger partial charge in [-0.2, -0.15) is 0 Å². The van der Waals surface area contributed by atoms with Gasteiger partial charge in [-0.05, 0) is 31.4 Å². The van der Waals surface area contributed by atoms with Crippen molar-refractivity contribution in [2.45, 2.75) is 20.3 Å². The van der Waals surface area contributed by atoms with Crippen molar-refractivity contribution in [2.75, 3.05) is 13.1 Å². The molecule has 0 aliphatic rings. The van der Waals surface area contributed by atoms with E-state index in [4.69, 9.17) is 5.11 Å². The van der Waals surface area contributed by atoms with E-state index in [1.54, 1.807) is 0 Å². The van der Waals surface area contributed by atoms with E-state index in [0.717, 1.165) is 16.0 Å². The number of aliphatic carboxylic acids is 1. The molecule has 116 valence electrons. The van der Waals surface area contributed by atoms with E-state index in [1.807, 2.05) is 49.6 Å². The lowest BCUT2D eigenvalue weighted by atomic mass is 10.1. The molecule has 0 unspecified atom stereocenters. The summed E-state index contributed by atoms with van der Waals surface area (Å²) in [5.74, 6) is -1.20. The number of carboxylic acids is 1. The number of carbonyl (C=O) groups is 2. The van der Waals surface area contributed by atoms with Crippen molar-refractivity contribution in [1.29, 1.82) is 0 Å². The lowest BCUT2D eigenvalue weighted by molar-refractivity contribution is -0.137. The van der Waals surface area contributed by atoms with Gasteiger partial charge in [0, 0.05) is 16.8 Å². The van der Waals surface area contributed by atoms with Crippen LogP contribution in [0.25, 0.3) is 0 Å². The molecule has 1 aromatic carbocycles. The molecule has 22 heavy (non-hydrogen) atoms. The zero-order chi connectivity index (χ0) is 16.1. The van der Waals surface area contributed by atoms with Gasteiger partial charge in [0.2, 0.25) is 0 Å². The van der Waals surface area contributed by atoms with Crippen LogP contribution in [0.1, 0.15) is 26.4 Å². The minimum absolute atomic E-state index is 0.208. The molecule has 2 aromatic rings. The summed E-state index contributed by atoms with van der Waals surface area (Å²) in [4.78, 5) is 26.2. The zero-order valence-electron chi connectivity index (χ0n) is 12.7. The van der Waals surface area contributed by atoms with Crippen molar-refractivity contribution >= 4 is 23.2 Å². The molecule has 0 spiro atoms. The minimum atomic E-state index is -0.994. The van der Waals surface area contributed by atoms with Crippen LogP contribution in [0.4, 0.5) is 0 Å². The van der Waals surface area contributed by atoms with Crippen molar-refractivity contribution in [3.05, 3.63) is 57.3 Å². The summed E-state index contributed by atoms with van der Waals surface area (Å²) < 4.78 is 0. The van der Waals surface area contributed by atoms with Crippen LogP contribution in [0.3, 0.4) is 0 Å². The Kier molecular flexibility index (Phi) is 5.33. The molecule has 0 radical (unpaired) electrons. The summed E-state index contributed by atoms with van der Waals surface area (Å²) in [6, 6.07) is 9.75. The Morgan fingerprint density at radius 1 is 1.18 bits per heavy atom. The molecule has 0 bridgehead atoms. The summed E-state index contributed by atoms with van der Waals surface area (Å²) in [7, 11) is 0. The predicted molar refractivity (Wildman–Crippen MR) is 87.5 cm³/mol. The fraction of sp³-hybridized carbons (Fsp3) is 0.294. The van der Waals surface area contributed by atoms with E-state index in [-0.39, 0.29) is 12.5 Å². The maximum absolute atomic E-state index is 12.6. The van der Waals surface area contributed by atoms with Gasteiger partial charge in [0.15, 0.2) is 0 Å². The zero-order valence-corrected chi connectivity index (χ0v) is 13.5.